The summed E-state index contributed by atoms with van der Waals surface area (Å²) >= 11 is 1.49. The highest BCUT2D eigenvalue weighted by atomic mass is 32.1. The molecule has 2 amide bonds. The first-order valence-corrected chi connectivity index (χ1v) is 7.45. The zero-order valence-corrected chi connectivity index (χ0v) is 13.1. The largest absolute Gasteiger partial charge is 0.444 e. The highest BCUT2D eigenvalue weighted by Crippen LogP contribution is 2.11. The molecule has 1 aromatic heterocycles. The number of alkyl carbamates (subject to hydrolysis) is 1. The number of ether oxygens (including phenoxy) is 1. The molecule has 1 rings (SSSR count). The fourth-order valence-electron chi connectivity index (χ4n) is 1.69. The standard InChI is InChI=1S/C14H19N3O3S/c1-10(2)7-12(13(18)17(3)9-15)16-14(19)20-8-11-5-4-6-21-11/h4-6,10,12H,7-8H2,1-3H3,(H,16,19)/t12-/m1/s1. The smallest absolute Gasteiger partial charge is 0.408 e. The van der Waals surface area contributed by atoms with Crippen LogP contribution in [0.5, 0.6) is 0 Å². The maximum atomic E-state index is 12.0. The van der Waals surface area contributed by atoms with E-state index in [4.69, 9.17) is 10.00 Å². The number of likely N-dealkylation sites (N-methyl/N-ethyl adjacent to an activating group) is 1. The van der Waals surface area contributed by atoms with Crippen molar-refractivity contribution in [1.82, 2.24) is 10.2 Å². The summed E-state index contributed by atoms with van der Waals surface area (Å²) in [6.07, 6.45) is 1.52. The number of carbonyl (C=O) groups is 2. The van der Waals surface area contributed by atoms with Gasteiger partial charge in [-0.15, -0.1) is 11.3 Å². The molecule has 0 aliphatic rings. The van der Waals surface area contributed by atoms with Gasteiger partial charge in [0.15, 0.2) is 6.19 Å². The Labute approximate surface area is 128 Å². The van der Waals surface area contributed by atoms with Gasteiger partial charge in [-0.1, -0.05) is 19.9 Å². The third-order valence-electron chi connectivity index (χ3n) is 2.70. The SMILES string of the molecule is CC(C)C[C@@H](NC(=O)OCc1cccs1)C(=O)N(C)C#N. The number of nitrogens with one attached hydrogen (secondary N) is 1. The van der Waals surface area contributed by atoms with Crippen LogP contribution in [0, 0.1) is 17.4 Å². The number of rotatable bonds is 6. The predicted molar refractivity (Wildman–Crippen MR) is 79.3 cm³/mol. The fraction of sp³-hybridized carbons (Fsp3) is 0.500. The van der Waals surface area contributed by atoms with Crippen LogP contribution < -0.4 is 5.32 Å². The molecule has 1 N–H and O–H groups in total. The van der Waals surface area contributed by atoms with Crippen molar-refractivity contribution in [3.8, 4) is 6.19 Å². The Kier molecular flexibility index (Phi) is 6.69. The molecule has 1 aromatic rings. The summed E-state index contributed by atoms with van der Waals surface area (Å²) < 4.78 is 5.07. The van der Waals surface area contributed by atoms with E-state index in [0.29, 0.717) is 6.42 Å². The summed E-state index contributed by atoms with van der Waals surface area (Å²) in [6.45, 7) is 4.04. The van der Waals surface area contributed by atoms with E-state index in [0.717, 1.165) is 9.78 Å². The van der Waals surface area contributed by atoms with E-state index >= 15 is 0 Å². The van der Waals surface area contributed by atoms with Crippen molar-refractivity contribution in [3.63, 3.8) is 0 Å². The van der Waals surface area contributed by atoms with Gasteiger partial charge in [-0.25, -0.2) is 4.79 Å². The Bertz CT molecular complexity index is 508. The Morgan fingerprint density at radius 3 is 2.76 bits per heavy atom. The van der Waals surface area contributed by atoms with Crippen LogP contribution in [-0.4, -0.2) is 30.0 Å². The van der Waals surface area contributed by atoms with E-state index in [-0.39, 0.29) is 12.5 Å². The lowest BCUT2D eigenvalue weighted by molar-refractivity contribution is -0.129. The Balaban J connectivity index is 2.57. The summed E-state index contributed by atoms with van der Waals surface area (Å²) in [4.78, 5) is 25.6. The molecule has 0 bridgehead atoms. The van der Waals surface area contributed by atoms with Crippen LogP contribution in [0.1, 0.15) is 25.1 Å². The number of hydrogen-bond donors (Lipinski definition) is 1. The second kappa shape index (κ2) is 8.27. The molecular weight excluding hydrogens is 290 g/mol. The zero-order chi connectivity index (χ0) is 15.8. The van der Waals surface area contributed by atoms with Gasteiger partial charge in [-0.2, -0.15) is 5.26 Å². The van der Waals surface area contributed by atoms with Crippen molar-refractivity contribution < 1.29 is 14.3 Å². The van der Waals surface area contributed by atoms with Gasteiger partial charge >= 0.3 is 6.09 Å². The first kappa shape index (κ1) is 17.0. The van der Waals surface area contributed by atoms with Crippen LogP contribution in [0.25, 0.3) is 0 Å². The fourth-order valence-corrected chi connectivity index (χ4v) is 2.31. The van der Waals surface area contributed by atoms with Gasteiger partial charge < -0.3 is 10.1 Å². The van der Waals surface area contributed by atoms with Gasteiger partial charge in [-0.3, -0.25) is 9.69 Å². The molecule has 1 heterocycles. The molecule has 0 saturated heterocycles. The molecule has 0 aliphatic carbocycles. The van der Waals surface area contributed by atoms with Crippen molar-refractivity contribution in [2.45, 2.75) is 32.9 Å². The maximum Gasteiger partial charge on any atom is 0.408 e. The van der Waals surface area contributed by atoms with E-state index in [9.17, 15) is 9.59 Å². The minimum absolute atomic E-state index is 0.167. The summed E-state index contributed by atoms with van der Waals surface area (Å²) in [5.41, 5.74) is 0. The van der Waals surface area contributed by atoms with Crippen LogP contribution in [0.15, 0.2) is 17.5 Å². The van der Waals surface area contributed by atoms with Gasteiger partial charge in [-0.05, 0) is 23.8 Å². The molecule has 7 heteroatoms. The van der Waals surface area contributed by atoms with E-state index in [1.165, 1.54) is 18.4 Å². The molecule has 0 spiro atoms. The average Bonchev–Trinajstić information content (AvgIpc) is 2.95. The maximum absolute atomic E-state index is 12.0. The van der Waals surface area contributed by atoms with E-state index in [1.54, 1.807) is 6.19 Å². The van der Waals surface area contributed by atoms with Crippen molar-refractivity contribution >= 4 is 23.3 Å². The average molecular weight is 309 g/mol. The number of carbonyl (C=O) groups excluding carboxylic acids is 2. The Morgan fingerprint density at radius 1 is 1.52 bits per heavy atom. The highest BCUT2D eigenvalue weighted by Gasteiger charge is 2.25. The normalized spacial score (nSPS) is 11.6. The lowest BCUT2D eigenvalue weighted by atomic mass is 10.0. The number of nitrogens with zero attached hydrogens (tertiary/aromatic N) is 2. The number of thiophene rings is 1. The van der Waals surface area contributed by atoms with Gasteiger partial charge in [0.1, 0.15) is 12.6 Å². The lowest BCUT2D eigenvalue weighted by Crippen LogP contribution is -2.46. The van der Waals surface area contributed by atoms with Gasteiger partial charge in [0.05, 0.1) is 0 Å². The van der Waals surface area contributed by atoms with Crippen LogP contribution >= 0.6 is 11.3 Å². The third kappa shape index (κ3) is 5.83. The molecule has 6 nitrogen and oxygen atoms in total. The van der Waals surface area contributed by atoms with Crippen molar-refractivity contribution in [2.75, 3.05) is 7.05 Å². The van der Waals surface area contributed by atoms with E-state index in [2.05, 4.69) is 5.32 Å². The van der Waals surface area contributed by atoms with E-state index < -0.39 is 18.0 Å². The molecular formula is C14H19N3O3S. The summed E-state index contributed by atoms with van der Waals surface area (Å²) in [5, 5.41) is 13.2. The number of hydrogen-bond acceptors (Lipinski definition) is 5. The first-order chi connectivity index (χ1) is 9.93. The molecule has 0 unspecified atom stereocenters. The minimum atomic E-state index is -0.759. The van der Waals surface area contributed by atoms with Gasteiger partial charge in [0.2, 0.25) is 0 Å². The minimum Gasteiger partial charge on any atom is -0.444 e. The molecule has 0 aromatic carbocycles. The molecule has 0 fully saturated rings. The topological polar surface area (TPSA) is 82.4 Å². The highest BCUT2D eigenvalue weighted by molar-refractivity contribution is 7.09. The van der Waals surface area contributed by atoms with Crippen LogP contribution in [-0.2, 0) is 16.1 Å². The summed E-state index contributed by atoms with van der Waals surface area (Å²) in [7, 11) is 1.37. The van der Waals surface area contributed by atoms with Gasteiger partial charge in [0, 0.05) is 11.9 Å². The van der Waals surface area contributed by atoms with Crippen LogP contribution in [0.3, 0.4) is 0 Å². The van der Waals surface area contributed by atoms with Crippen molar-refractivity contribution in [3.05, 3.63) is 22.4 Å². The molecule has 21 heavy (non-hydrogen) atoms. The molecule has 0 aliphatic heterocycles. The molecule has 114 valence electrons. The second-order valence-corrected chi connectivity index (χ2v) is 6.01. The van der Waals surface area contributed by atoms with Crippen LogP contribution in [0.4, 0.5) is 4.79 Å². The van der Waals surface area contributed by atoms with Crippen molar-refractivity contribution in [1.29, 1.82) is 5.26 Å². The quantitative estimate of drug-likeness (QED) is 0.646. The summed E-state index contributed by atoms with van der Waals surface area (Å²) in [5.74, 6) is -0.247. The zero-order valence-electron chi connectivity index (χ0n) is 12.3. The van der Waals surface area contributed by atoms with E-state index in [1.807, 2.05) is 31.4 Å². The van der Waals surface area contributed by atoms with Gasteiger partial charge in [0.25, 0.3) is 5.91 Å². The number of amides is 2. The molecule has 1 atom stereocenters. The Hall–Kier alpha value is -2.07. The second-order valence-electron chi connectivity index (χ2n) is 4.98. The monoisotopic (exact) mass is 309 g/mol. The van der Waals surface area contributed by atoms with Crippen molar-refractivity contribution in [2.24, 2.45) is 5.92 Å². The molecule has 0 saturated carbocycles. The van der Waals surface area contributed by atoms with Crippen LogP contribution in [0.2, 0.25) is 0 Å². The Morgan fingerprint density at radius 2 is 2.24 bits per heavy atom. The summed E-state index contributed by atoms with van der Waals surface area (Å²) in [6, 6.07) is 2.97. The third-order valence-corrected chi connectivity index (χ3v) is 3.55. The first-order valence-electron chi connectivity index (χ1n) is 6.57. The number of nitriles is 1. The lowest BCUT2D eigenvalue weighted by Gasteiger charge is -2.21. The molecule has 0 radical (unpaired) electrons. The predicted octanol–water partition coefficient (Wildman–Crippen LogP) is 2.33.